The lowest BCUT2D eigenvalue weighted by Gasteiger charge is -2.27. The minimum Gasteiger partial charge on any atom is -0.486 e. The molecule has 3 rings (SSSR count). The molecular weight excluding hydrogens is 330 g/mol. The van der Waals surface area contributed by atoms with E-state index in [0.717, 1.165) is 22.5 Å². The van der Waals surface area contributed by atoms with E-state index in [0.29, 0.717) is 6.61 Å². The van der Waals surface area contributed by atoms with E-state index in [4.69, 9.17) is 9.47 Å². The summed E-state index contributed by atoms with van der Waals surface area (Å²) in [5.41, 5.74) is 1.25. The Hall–Kier alpha value is -1.52. The van der Waals surface area contributed by atoms with Gasteiger partial charge in [-0.15, -0.1) is 0 Å². The molecule has 0 saturated heterocycles. The van der Waals surface area contributed by atoms with Gasteiger partial charge in [0.15, 0.2) is 11.5 Å². The second kappa shape index (κ2) is 6.50. The molecule has 3 nitrogen and oxygen atoms in total. The molecule has 2 aromatic carbocycles. The summed E-state index contributed by atoms with van der Waals surface area (Å²) in [5, 5.41) is 3.50. The van der Waals surface area contributed by atoms with Gasteiger partial charge in [-0.05, 0) is 36.8 Å². The lowest BCUT2D eigenvalue weighted by Crippen LogP contribution is -2.39. The molecule has 0 fully saturated rings. The Bertz CT molecular complexity index is 617. The molecule has 2 atom stereocenters. The van der Waals surface area contributed by atoms with Crippen LogP contribution in [0, 0.1) is 0 Å². The van der Waals surface area contributed by atoms with Gasteiger partial charge in [0.2, 0.25) is 0 Å². The maximum absolute atomic E-state index is 5.95. The predicted molar refractivity (Wildman–Crippen MR) is 86.9 cm³/mol. The van der Waals surface area contributed by atoms with Crippen LogP contribution in [0.1, 0.15) is 18.5 Å². The minimum absolute atomic E-state index is 0.0366. The molecule has 21 heavy (non-hydrogen) atoms. The fraction of sp³-hybridized carbons (Fsp3) is 0.294. The quantitative estimate of drug-likeness (QED) is 0.908. The van der Waals surface area contributed by atoms with Gasteiger partial charge in [-0.25, -0.2) is 0 Å². The number of ether oxygens (including phenoxy) is 2. The van der Waals surface area contributed by atoms with E-state index >= 15 is 0 Å². The average Bonchev–Trinajstić information content (AvgIpc) is 2.52. The van der Waals surface area contributed by atoms with Gasteiger partial charge in [0.1, 0.15) is 12.7 Å². The van der Waals surface area contributed by atoms with Crippen molar-refractivity contribution in [2.45, 2.75) is 19.1 Å². The first-order valence-electron chi connectivity index (χ1n) is 7.10. The van der Waals surface area contributed by atoms with Crippen LogP contribution in [0.4, 0.5) is 0 Å². The lowest BCUT2D eigenvalue weighted by molar-refractivity contribution is 0.0886. The van der Waals surface area contributed by atoms with Crippen molar-refractivity contribution in [2.75, 3.05) is 13.2 Å². The van der Waals surface area contributed by atoms with Gasteiger partial charge in [0.05, 0.1) is 0 Å². The Kier molecular flexibility index (Phi) is 4.46. The van der Waals surface area contributed by atoms with E-state index in [1.165, 1.54) is 5.56 Å². The van der Waals surface area contributed by atoms with Crippen molar-refractivity contribution in [1.29, 1.82) is 0 Å². The number of para-hydroxylation sites is 2. The van der Waals surface area contributed by atoms with E-state index in [1.54, 1.807) is 0 Å². The Morgan fingerprint density at radius 3 is 2.81 bits per heavy atom. The zero-order chi connectivity index (χ0) is 14.7. The van der Waals surface area contributed by atoms with Crippen molar-refractivity contribution < 1.29 is 9.47 Å². The molecule has 0 bridgehead atoms. The first kappa shape index (κ1) is 14.4. The van der Waals surface area contributed by atoms with Crippen LogP contribution in [-0.2, 0) is 0 Å². The molecule has 1 aliphatic rings. The second-order valence-corrected chi connectivity index (χ2v) is 6.10. The molecule has 1 heterocycles. The van der Waals surface area contributed by atoms with Gasteiger partial charge >= 0.3 is 0 Å². The summed E-state index contributed by atoms with van der Waals surface area (Å²) >= 11 is 3.50. The van der Waals surface area contributed by atoms with Crippen molar-refractivity contribution in [3.63, 3.8) is 0 Å². The van der Waals surface area contributed by atoms with Crippen LogP contribution in [0.15, 0.2) is 53.0 Å². The summed E-state index contributed by atoms with van der Waals surface area (Å²) in [4.78, 5) is 0. The van der Waals surface area contributed by atoms with Crippen LogP contribution in [-0.4, -0.2) is 19.3 Å². The molecule has 0 saturated carbocycles. The highest BCUT2D eigenvalue weighted by Gasteiger charge is 2.21. The SMILES string of the molecule is CC(NCC1COc2ccccc2O1)c1cccc(Br)c1. The van der Waals surface area contributed by atoms with Crippen LogP contribution in [0.2, 0.25) is 0 Å². The minimum atomic E-state index is 0.0366. The van der Waals surface area contributed by atoms with Crippen LogP contribution in [0.5, 0.6) is 11.5 Å². The Morgan fingerprint density at radius 2 is 2.00 bits per heavy atom. The summed E-state index contributed by atoms with van der Waals surface area (Å²) in [5.74, 6) is 1.65. The molecule has 0 spiro atoms. The lowest BCUT2D eigenvalue weighted by atomic mass is 10.1. The summed E-state index contributed by atoms with van der Waals surface area (Å²) in [6.07, 6.45) is 0.0366. The smallest absolute Gasteiger partial charge is 0.161 e. The highest BCUT2D eigenvalue weighted by Crippen LogP contribution is 2.30. The number of hydrogen-bond acceptors (Lipinski definition) is 3. The normalized spacial score (nSPS) is 18.3. The first-order chi connectivity index (χ1) is 10.2. The molecule has 1 aliphatic heterocycles. The van der Waals surface area contributed by atoms with E-state index in [9.17, 15) is 0 Å². The number of fused-ring (bicyclic) bond motifs is 1. The van der Waals surface area contributed by atoms with Gasteiger partial charge in [-0.1, -0.05) is 40.2 Å². The fourth-order valence-electron chi connectivity index (χ4n) is 2.37. The van der Waals surface area contributed by atoms with E-state index < -0.39 is 0 Å². The molecule has 0 aliphatic carbocycles. The zero-order valence-corrected chi connectivity index (χ0v) is 13.5. The monoisotopic (exact) mass is 347 g/mol. The predicted octanol–water partition coefficient (Wildman–Crippen LogP) is 3.94. The molecular formula is C17H18BrNO2. The average molecular weight is 348 g/mol. The molecule has 4 heteroatoms. The van der Waals surface area contributed by atoms with Gasteiger partial charge in [0, 0.05) is 17.1 Å². The summed E-state index contributed by atoms with van der Waals surface area (Å²) in [6.45, 7) is 3.48. The third-order valence-electron chi connectivity index (χ3n) is 3.57. The molecule has 2 unspecified atom stereocenters. The standard InChI is InChI=1S/C17H18BrNO2/c1-12(13-5-4-6-14(18)9-13)19-10-15-11-20-16-7-2-3-8-17(16)21-15/h2-9,12,15,19H,10-11H2,1H3. The van der Waals surface area contributed by atoms with Gasteiger partial charge in [-0.2, -0.15) is 0 Å². The molecule has 2 aromatic rings. The number of rotatable bonds is 4. The van der Waals surface area contributed by atoms with Crippen LogP contribution < -0.4 is 14.8 Å². The van der Waals surface area contributed by atoms with E-state index in [-0.39, 0.29) is 12.1 Å². The van der Waals surface area contributed by atoms with Gasteiger partial charge in [0.25, 0.3) is 0 Å². The molecule has 0 aromatic heterocycles. The molecule has 0 amide bonds. The summed E-state index contributed by atoms with van der Waals surface area (Å²) in [7, 11) is 0. The van der Waals surface area contributed by atoms with E-state index in [2.05, 4.69) is 40.3 Å². The first-order valence-corrected chi connectivity index (χ1v) is 7.89. The van der Waals surface area contributed by atoms with E-state index in [1.807, 2.05) is 36.4 Å². The Balaban J connectivity index is 1.57. The van der Waals surface area contributed by atoms with Crippen molar-refractivity contribution in [2.24, 2.45) is 0 Å². The van der Waals surface area contributed by atoms with Crippen molar-refractivity contribution in [3.8, 4) is 11.5 Å². The number of nitrogens with one attached hydrogen (secondary N) is 1. The van der Waals surface area contributed by atoms with Gasteiger partial charge in [-0.3, -0.25) is 0 Å². The Morgan fingerprint density at radius 1 is 1.19 bits per heavy atom. The van der Waals surface area contributed by atoms with Crippen LogP contribution in [0.3, 0.4) is 0 Å². The topological polar surface area (TPSA) is 30.5 Å². The van der Waals surface area contributed by atoms with Crippen molar-refractivity contribution >= 4 is 15.9 Å². The number of benzene rings is 2. The fourth-order valence-corrected chi connectivity index (χ4v) is 2.78. The largest absolute Gasteiger partial charge is 0.486 e. The van der Waals surface area contributed by atoms with Crippen molar-refractivity contribution in [1.82, 2.24) is 5.32 Å². The number of halogens is 1. The molecule has 1 N–H and O–H groups in total. The van der Waals surface area contributed by atoms with Crippen LogP contribution in [0.25, 0.3) is 0 Å². The zero-order valence-electron chi connectivity index (χ0n) is 11.9. The Labute approximate surface area is 133 Å². The van der Waals surface area contributed by atoms with Gasteiger partial charge < -0.3 is 14.8 Å². The number of hydrogen-bond donors (Lipinski definition) is 1. The highest BCUT2D eigenvalue weighted by atomic mass is 79.9. The summed E-state index contributed by atoms with van der Waals surface area (Å²) in [6, 6.07) is 16.4. The summed E-state index contributed by atoms with van der Waals surface area (Å²) < 4.78 is 12.8. The molecule has 110 valence electrons. The third kappa shape index (κ3) is 3.57. The van der Waals surface area contributed by atoms with Crippen molar-refractivity contribution in [3.05, 3.63) is 58.6 Å². The van der Waals surface area contributed by atoms with Crippen LogP contribution >= 0.6 is 15.9 Å². The molecule has 0 radical (unpaired) electrons. The maximum Gasteiger partial charge on any atom is 0.161 e. The highest BCUT2D eigenvalue weighted by molar-refractivity contribution is 9.10. The second-order valence-electron chi connectivity index (χ2n) is 5.18. The third-order valence-corrected chi connectivity index (χ3v) is 4.06. The maximum atomic E-state index is 5.95.